The molecule has 0 spiro atoms. The van der Waals surface area contributed by atoms with Crippen LogP contribution in [0, 0.1) is 0 Å². The average Bonchev–Trinajstić information content (AvgIpc) is 4.03. The maximum atomic E-state index is 5.62. The van der Waals surface area contributed by atoms with Gasteiger partial charge in [-0.3, -0.25) is 4.99 Å². The second-order valence-electron chi connectivity index (χ2n) is 12.9. The van der Waals surface area contributed by atoms with Crippen LogP contribution in [0.4, 0.5) is 0 Å². The van der Waals surface area contributed by atoms with Gasteiger partial charge in [0.25, 0.3) is 0 Å². The smallest absolute Gasteiger partial charge is 0.105 e. The number of hydrogen-bond acceptors (Lipinski definition) is 3. The van der Waals surface area contributed by atoms with E-state index in [2.05, 4.69) is 180 Å². The van der Waals surface area contributed by atoms with Crippen molar-refractivity contribution < 1.29 is 0 Å². The predicted octanol–water partition coefficient (Wildman–Crippen LogP) is 8.14. The van der Waals surface area contributed by atoms with Crippen molar-refractivity contribution in [3.05, 3.63) is 226 Å². The van der Waals surface area contributed by atoms with Crippen LogP contribution in [0.15, 0.2) is 197 Å². The molecule has 0 radical (unpaired) electrons. The van der Waals surface area contributed by atoms with Crippen molar-refractivity contribution in [2.24, 2.45) is 15.0 Å². The molecule has 0 aliphatic carbocycles. The van der Waals surface area contributed by atoms with Crippen LogP contribution < -0.4 is 10.7 Å². The summed E-state index contributed by atoms with van der Waals surface area (Å²) in [6.45, 7) is 0. The van der Waals surface area contributed by atoms with E-state index in [9.17, 15) is 0 Å². The Hall–Kier alpha value is -6.85. The number of aliphatic imine (C=N–C) groups is 3. The van der Waals surface area contributed by atoms with Gasteiger partial charge in [0.2, 0.25) is 0 Å². The Morgan fingerprint density at radius 1 is 0.451 bits per heavy atom. The lowest BCUT2D eigenvalue weighted by molar-refractivity contribution is 0.952. The topological polar surface area (TPSA) is 68.7 Å². The lowest BCUT2D eigenvalue weighted by Crippen LogP contribution is -2.21. The second-order valence-corrected chi connectivity index (χ2v) is 12.9. The molecule has 5 heteroatoms. The Balaban J connectivity index is 1.36. The third-order valence-corrected chi connectivity index (χ3v) is 9.92. The van der Waals surface area contributed by atoms with E-state index < -0.39 is 0 Å². The fourth-order valence-electron chi connectivity index (χ4n) is 7.64. The van der Waals surface area contributed by atoms with Crippen molar-refractivity contribution in [3.63, 3.8) is 0 Å². The van der Waals surface area contributed by atoms with E-state index in [1.807, 2.05) is 0 Å². The molecule has 0 amide bonds. The van der Waals surface area contributed by atoms with Gasteiger partial charge in [-0.2, -0.15) is 0 Å². The number of nitrogens with zero attached hydrogens (tertiary/aromatic N) is 3. The van der Waals surface area contributed by atoms with E-state index in [4.69, 9.17) is 15.0 Å². The summed E-state index contributed by atoms with van der Waals surface area (Å²) in [4.78, 5) is 23.7. The molecule has 1 atom stereocenters. The maximum absolute atomic E-state index is 5.62. The maximum Gasteiger partial charge on any atom is 0.105 e. The molecule has 10 rings (SSSR count). The first kappa shape index (κ1) is 29.1. The molecule has 4 aliphatic rings. The van der Waals surface area contributed by atoms with Crippen LogP contribution in [0.25, 0.3) is 22.3 Å². The minimum atomic E-state index is -0.281. The lowest BCUT2D eigenvalue weighted by Gasteiger charge is -2.16. The molecule has 0 fully saturated rings. The van der Waals surface area contributed by atoms with Crippen molar-refractivity contribution in [2.45, 2.75) is 6.04 Å². The first-order chi connectivity index (χ1) is 25.3. The minimum absolute atomic E-state index is 0.281. The van der Waals surface area contributed by atoms with E-state index in [1.165, 1.54) is 0 Å². The van der Waals surface area contributed by atoms with Crippen LogP contribution in [0.1, 0.15) is 39.4 Å². The molecule has 5 nitrogen and oxygen atoms in total. The molecule has 4 aliphatic heterocycles. The number of benzene rings is 4. The van der Waals surface area contributed by atoms with Crippen LogP contribution in [0.2, 0.25) is 0 Å². The van der Waals surface area contributed by atoms with E-state index in [0.29, 0.717) is 0 Å². The summed E-state index contributed by atoms with van der Waals surface area (Å²) in [6, 6.07) is 46.1. The van der Waals surface area contributed by atoms with E-state index >= 15 is 0 Å². The number of rotatable bonds is 4. The predicted molar refractivity (Wildman–Crippen MR) is 208 cm³/mol. The third kappa shape index (κ3) is 4.90. The van der Waals surface area contributed by atoms with Crippen molar-refractivity contribution >= 4 is 39.4 Å². The molecule has 6 heterocycles. The van der Waals surface area contributed by atoms with Gasteiger partial charge in [-0.15, -0.1) is 0 Å². The van der Waals surface area contributed by atoms with Gasteiger partial charge in [-0.1, -0.05) is 121 Å². The zero-order valence-corrected chi connectivity index (χ0v) is 27.6. The molecule has 8 bridgehead atoms. The van der Waals surface area contributed by atoms with E-state index in [-0.39, 0.29) is 6.04 Å². The highest BCUT2D eigenvalue weighted by molar-refractivity contribution is 6.37. The highest BCUT2D eigenvalue weighted by Crippen LogP contribution is 2.46. The Morgan fingerprint density at radius 2 is 0.941 bits per heavy atom. The lowest BCUT2D eigenvalue weighted by atomic mass is 9.91. The highest BCUT2D eigenvalue weighted by Gasteiger charge is 2.35. The Morgan fingerprint density at radius 3 is 1.51 bits per heavy atom. The summed E-state index contributed by atoms with van der Waals surface area (Å²) in [6.07, 6.45) is 12.7. The molecule has 4 aromatic carbocycles. The van der Waals surface area contributed by atoms with Crippen LogP contribution in [-0.4, -0.2) is 27.1 Å². The molecule has 0 saturated heterocycles. The largest absolute Gasteiger partial charge is 0.367 e. The van der Waals surface area contributed by atoms with Gasteiger partial charge in [0.1, 0.15) is 6.04 Å². The molecule has 1 unspecified atom stereocenters. The Labute approximate surface area is 295 Å². The number of allylic oxidation sites excluding steroid dienone is 5. The molecule has 2 aromatic heterocycles. The number of aromatic nitrogens is 2. The Bertz CT molecular complexity index is 2700. The molecule has 2 N–H and O–H groups in total. The fraction of sp³-hybridized carbons (Fsp3) is 0.0217. The third-order valence-electron chi connectivity index (χ3n) is 9.92. The Kier molecular flexibility index (Phi) is 6.81. The van der Waals surface area contributed by atoms with Crippen molar-refractivity contribution in [3.8, 4) is 0 Å². The molecule has 6 aromatic rings. The minimum Gasteiger partial charge on any atom is -0.367 e. The normalized spacial score (nSPS) is 22.5. The summed E-state index contributed by atoms with van der Waals surface area (Å²) in [5.74, 6) is 0. The molecular formula is C46H31N5. The average molecular weight is 654 g/mol. The van der Waals surface area contributed by atoms with Crippen molar-refractivity contribution in [1.29, 1.82) is 0 Å². The zero-order chi connectivity index (χ0) is 33.7. The highest BCUT2D eigenvalue weighted by atomic mass is 14.9. The van der Waals surface area contributed by atoms with Gasteiger partial charge in [-0.05, 0) is 58.7 Å². The van der Waals surface area contributed by atoms with E-state index in [0.717, 1.165) is 94.9 Å². The van der Waals surface area contributed by atoms with Gasteiger partial charge in [0.15, 0.2) is 0 Å². The zero-order valence-electron chi connectivity index (χ0n) is 27.6. The summed E-state index contributed by atoms with van der Waals surface area (Å²) in [5.41, 5.74) is 15.1. The van der Waals surface area contributed by atoms with Gasteiger partial charge < -0.3 is 9.97 Å². The quantitative estimate of drug-likeness (QED) is 0.193. The van der Waals surface area contributed by atoms with Crippen molar-refractivity contribution in [2.75, 3.05) is 0 Å². The van der Waals surface area contributed by atoms with Gasteiger partial charge in [0, 0.05) is 56.5 Å². The first-order valence-electron chi connectivity index (χ1n) is 17.2. The molecule has 51 heavy (non-hydrogen) atoms. The first-order valence-corrected chi connectivity index (χ1v) is 17.2. The molecule has 0 saturated carbocycles. The number of nitrogens with one attached hydrogen (secondary N) is 2. The molecule has 240 valence electrons. The summed E-state index contributed by atoms with van der Waals surface area (Å²) in [5, 5.41) is 1.97. The number of hydrogen-bond donors (Lipinski definition) is 2. The number of H-pyrrole nitrogens is 2. The monoisotopic (exact) mass is 653 g/mol. The second kappa shape index (κ2) is 11.9. The van der Waals surface area contributed by atoms with Crippen molar-refractivity contribution in [1.82, 2.24) is 9.97 Å². The molecular weight excluding hydrogens is 623 g/mol. The standard InChI is InChI=1S/C46H31N5/c1-5-13-29(14-6-1)41-35-21-22-36(48-35)42(30-15-7-2-8-16-30)38-24-26-40(50-38)44(32-19-11-4-12-20-32)46-34-28-47-27-33(34)45(51-46)43(31-17-9-3-10-18-31)39-25-23-37(41)49-39/h1-28,45,47-48H/b41-35-,42-36-,43-39-,44-40-. The van der Waals surface area contributed by atoms with Gasteiger partial charge in [0.05, 0.1) is 28.5 Å². The van der Waals surface area contributed by atoms with Gasteiger partial charge >= 0.3 is 0 Å². The van der Waals surface area contributed by atoms with Crippen LogP contribution in [0.3, 0.4) is 0 Å². The number of aromatic amines is 2. The van der Waals surface area contributed by atoms with E-state index in [1.54, 1.807) is 0 Å². The SMILES string of the molecule is C1=C/C2=C(\c3ccccc3)C3=NC(/C(c4ccccc4)=C4/C=CC(=N4)/C(c4ccccc4)=c4/cc/c([nH]4)=C(\c4ccccc4)C1=N2)c1c[nH]cc13. The van der Waals surface area contributed by atoms with Crippen LogP contribution in [0.5, 0.6) is 0 Å². The van der Waals surface area contributed by atoms with Gasteiger partial charge in [-0.25, -0.2) is 9.98 Å². The number of fused-ring (bicyclic) bond motifs is 8. The fourth-order valence-corrected chi connectivity index (χ4v) is 7.64. The summed E-state index contributed by atoms with van der Waals surface area (Å²) in [7, 11) is 0. The van der Waals surface area contributed by atoms with Crippen LogP contribution >= 0.6 is 0 Å². The summed E-state index contributed by atoms with van der Waals surface area (Å²) >= 11 is 0. The van der Waals surface area contributed by atoms with Crippen LogP contribution in [-0.2, 0) is 0 Å². The summed E-state index contributed by atoms with van der Waals surface area (Å²) < 4.78 is 0.